The SMILES string of the molecule is CCOC(CC(N)=NO)c1ccccc1. The second-order valence-corrected chi connectivity index (χ2v) is 3.15. The van der Waals surface area contributed by atoms with E-state index in [0.29, 0.717) is 13.0 Å². The van der Waals surface area contributed by atoms with E-state index in [1.807, 2.05) is 37.3 Å². The van der Waals surface area contributed by atoms with Gasteiger partial charge in [0.05, 0.1) is 6.10 Å². The number of hydrogen-bond acceptors (Lipinski definition) is 3. The molecule has 0 aliphatic rings. The van der Waals surface area contributed by atoms with Crippen LogP contribution in [-0.4, -0.2) is 17.6 Å². The Balaban J connectivity index is 2.74. The summed E-state index contributed by atoms with van der Waals surface area (Å²) < 4.78 is 5.53. The Labute approximate surface area is 89.4 Å². The van der Waals surface area contributed by atoms with E-state index >= 15 is 0 Å². The van der Waals surface area contributed by atoms with Gasteiger partial charge in [-0.2, -0.15) is 0 Å². The molecule has 0 fully saturated rings. The summed E-state index contributed by atoms with van der Waals surface area (Å²) >= 11 is 0. The lowest BCUT2D eigenvalue weighted by Gasteiger charge is -2.16. The molecule has 1 aromatic carbocycles. The predicted molar refractivity (Wildman–Crippen MR) is 58.8 cm³/mol. The molecule has 1 atom stereocenters. The van der Waals surface area contributed by atoms with Gasteiger partial charge in [-0.1, -0.05) is 35.5 Å². The minimum absolute atomic E-state index is 0.146. The van der Waals surface area contributed by atoms with E-state index in [9.17, 15) is 0 Å². The van der Waals surface area contributed by atoms with Gasteiger partial charge in [-0.3, -0.25) is 0 Å². The molecular weight excluding hydrogens is 192 g/mol. The largest absolute Gasteiger partial charge is 0.409 e. The minimum atomic E-state index is -0.146. The molecule has 4 nitrogen and oxygen atoms in total. The summed E-state index contributed by atoms with van der Waals surface area (Å²) in [5.74, 6) is 0.178. The maximum Gasteiger partial charge on any atom is 0.142 e. The number of rotatable bonds is 5. The Kier molecular flexibility index (Phi) is 4.63. The van der Waals surface area contributed by atoms with Crippen LogP contribution in [0.2, 0.25) is 0 Å². The van der Waals surface area contributed by atoms with Gasteiger partial charge in [0.2, 0.25) is 0 Å². The zero-order valence-electron chi connectivity index (χ0n) is 8.76. The van der Waals surface area contributed by atoms with E-state index < -0.39 is 0 Å². The lowest BCUT2D eigenvalue weighted by molar-refractivity contribution is 0.0671. The van der Waals surface area contributed by atoms with Crippen molar-refractivity contribution < 1.29 is 9.94 Å². The molecule has 0 saturated carbocycles. The van der Waals surface area contributed by atoms with Crippen LogP contribution in [0.3, 0.4) is 0 Å². The normalized spacial score (nSPS) is 13.8. The smallest absolute Gasteiger partial charge is 0.142 e. The second kappa shape index (κ2) is 6.03. The summed E-state index contributed by atoms with van der Waals surface area (Å²) in [6.07, 6.45) is 0.251. The van der Waals surface area contributed by atoms with E-state index in [2.05, 4.69) is 5.16 Å². The third-order valence-corrected chi connectivity index (χ3v) is 2.06. The van der Waals surface area contributed by atoms with Gasteiger partial charge in [0.15, 0.2) is 0 Å². The van der Waals surface area contributed by atoms with Gasteiger partial charge >= 0.3 is 0 Å². The number of benzene rings is 1. The van der Waals surface area contributed by atoms with Crippen LogP contribution in [0, 0.1) is 0 Å². The molecule has 0 spiro atoms. The van der Waals surface area contributed by atoms with Crippen LogP contribution in [-0.2, 0) is 4.74 Å². The molecule has 0 saturated heterocycles. The average Bonchev–Trinajstić information content (AvgIpc) is 2.29. The number of nitrogens with zero attached hydrogens (tertiary/aromatic N) is 1. The molecule has 1 aromatic rings. The van der Waals surface area contributed by atoms with Crippen molar-refractivity contribution in [3.8, 4) is 0 Å². The van der Waals surface area contributed by atoms with Crippen LogP contribution in [0.4, 0.5) is 0 Å². The van der Waals surface area contributed by atoms with Crippen molar-refractivity contribution in [2.45, 2.75) is 19.4 Å². The first kappa shape index (κ1) is 11.5. The summed E-state index contributed by atoms with van der Waals surface area (Å²) in [5.41, 5.74) is 6.49. The molecule has 0 aromatic heterocycles. The third kappa shape index (κ3) is 3.59. The Morgan fingerprint density at radius 2 is 2.13 bits per heavy atom. The molecule has 0 heterocycles. The van der Waals surface area contributed by atoms with Gasteiger partial charge < -0.3 is 15.7 Å². The van der Waals surface area contributed by atoms with Crippen LogP contribution in [0.5, 0.6) is 0 Å². The van der Waals surface area contributed by atoms with Crippen molar-refractivity contribution in [3.05, 3.63) is 35.9 Å². The Morgan fingerprint density at radius 1 is 1.47 bits per heavy atom. The zero-order valence-corrected chi connectivity index (χ0v) is 8.76. The van der Waals surface area contributed by atoms with Crippen molar-refractivity contribution in [2.24, 2.45) is 10.9 Å². The first-order chi connectivity index (χ1) is 7.27. The molecule has 82 valence electrons. The standard InChI is InChI=1S/C11H16N2O2/c1-2-15-10(8-11(12)13-14)9-6-4-3-5-7-9/h3-7,10,14H,2,8H2,1H3,(H2,12,13). The highest BCUT2D eigenvalue weighted by Gasteiger charge is 2.12. The fraction of sp³-hybridized carbons (Fsp3) is 0.364. The maximum atomic E-state index is 8.51. The zero-order chi connectivity index (χ0) is 11.1. The molecule has 0 amide bonds. The molecule has 15 heavy (non-hydrogen) atoms. The predicted octanol–water partition coefficient (Wildman–Crippen LogP) is 1.90. The van der Waals surface area contributed by atoms with Crippen LogP contribution < -0.4 is 5.73 Å². The van der Waals surface area contributed by atoms with Crippen LogP contribution >= 0.6 is 0 Å². The van der Waals surface area contributed by atoms with E-state index in [0.717, 1.165) is 5.56 Å². The highest BCUT2D eigenvalue weighted by Crippen LogP contribution is 2.20. The number of nitrogens with two attached hydrogens (primary N) is 1. The van der Waals surface area contributed by atoms with Crippen LogP contribution in [0.1, 0.15) is 25.0 Å². The van der Waals surface area contributed by atoms with E-state index in [1.54, 1.807) is 0 Å². The topological polar surface area (TPSA) is 67.8 Å². The van der Waals surface area contributed by atoms with Crippen molar-refractivity contribution in [3.63, 3.8) is 0 Å². The van der Waals surface area contributed by atoms with Crippen LogP contribution in [0.15, 0.2) is 35.5 Å². The van der Waals surface area contributed by atoms with Crippen molar-refractivity contribution in [2.75, 3.05) is 6.61 Å². The summed E-state index contributed by atoms with van der Waals surface area (Å²) in [4.78, 5) is 0. The molecule has 4 heteroatoms. The molecule has 1 unspecified atom stereocenters. The summed E-state index contributed by atoms with van der Waals surface area (Å²) in [7, 11) is 0. The van der Waals surface area contributed by atoms with E-state index in [1.165, 1.54) is 0 Å². The Bertz CT molecular complexity index is 312. The Morgan fingerprint density at radius 3 is 2.67 bits per heavy atom. The number of oxime groups is 1. The lowest BCUT2D eigenvalue weighted by Crippen LogP contribution is -2.17. The minimum Gasteiger partial charge on any atom is -0.409 e. The van der Waals surface area contributed by atoms with Gasteiger partial charge in [-0.15, -0.1) is 0 Å². The average molecular weight is 208 g/mol. The number of amidine groups is 1. The van der Waals surface area contributed by atoms with Gasteiger partial charge in [0.1, 0.15) is 5.84 Å². The number of hydrogen-bond donors (Lipinski definition) is 2. The summed E-state index contributed by atoms with van der Waals surface area (Å²) in [6.45, 7) is 2.51. The van der Waals surface area contributed by atoms with Crippen LogP contribution in [0.25, 0.3) is 0 Å². The van der Waals surface area contributed by atoms with Gasteiger partial charge in [-0.25, -0.2) is 0 Å². The molecule has 0 aliphatic carbocycles. The van der Waals surface area contributed by atoms with Crippen molar-refractivity contribution in [1.29, 1.82) is 0 Å². The van der Waals surface area contributed by atoms with E-state index in [-0.39, 0.29) is 11.9 Å². The van der Waals surface area contributed by atoms with Crippen molar-refractivity contribution >= 4 is 5.84 Å². The lowest BCUT2D eigenvalue weighted by atomic mass is 10.1. The monoisotopic (exact) mass is 208 g/mol. The molecule has 1 rings (SSSR count). The van der Waals surface area contributed by atoms with Gasteiger partial charge in [0, 0.05) is 13.0 Å². The van der Waals surface area contributed by atoms with Gasteiger partial charge in [0.25, 0.3) is 0 Å². The first-order valence-electron chi connectivity index (χ1n) is 4.90. The summed E-state index contributed by atoms with van der Waals surface area (Å²) in [5, 5.41) is 11.5. The molecular formula is C11H16N2O2. The molecule has 3 N–H and O–H groups in total. The quantitative estimate of drug-likeness (QED) is 0.336. The molecule has 0 bridgehead atoms. The number of ether oxygens (including phenoxy) is 1. The second-order valence-electron chi connectivity index (χ2n) is 3.15. The van der Waals surface area contributed by atoms with Gasteiger partial charge in [-0.05, 0) is 12.5 Å². The first-order valence-corrected chi connectivity index (χ1v) is 4.90. The summed E-state index contributed by atoms with van der Waals surface area (Å²) in [6, 6.07) is 9.74. The van der Waals surface area contributed by atoms with Crippen molar-refractivity contribution in [1.82, 2.24) is 0 Å². The fourth-order valence-corrected chi connectivity index (χ4v) is 1.37. The highest BCUT2D eigenvalue weighted by atomic mass is 16.5. The fourth-order valence-electron chi connectivity index (χ4n) is 1.37. The van der Waals surface area contributed by atoms with E-state index in [4.69, 9.17) is 15.7 Å². The highest BCUT2D eigenvalue weighted by molar-refractivity contribution is 5.80. The third-order valence-electron chi connectivity index (χ3n) is 2.06. The Hall–Kier alpha value is -1.55. The maximum absolute atomic E-state index is 8.51. The molecule has 0 radical (unpaired) electrons. The molecule has 0 aliphatic heterocycles.